The van der Waals surface area contributed by atoms with Gasteiger partial charge in [-0.3, -0.25) is 4.79 Å². The second kappa shape index (κ2) is 10.5. The Hall–Kier alpha value is -3.21. The molecule has 0 N–H and O–H groups in total. The Labute approximate surface area is 178 Å². The fourth-order valence-electron chi connectivity index (χ4n) is 3.54. The molecule has 30 heavy (non-hydrogen) atoms. The summed E-state index contributed by atoms with van der Waals surface area (Å²) in [6, 6.07) is 19.9. The van der Waals surface area contributed by atoms with Gasteiger partial charge in [0.2, 0.25) is 0 Å². The number of hydrogen-bond acceptors (Lipinski definition) is 3. The minimum atomic E-state index is -0.0785. The van der Waals surface area contributed by atoms with E-state index in [-0.39, 0.29) is 5.91 Å². The maximum atomic E-state index is 13.6. The predicted molar refractivity (Wildman–Crippen MR) is 119 cm³/mol. The molecule has 5 heteroatoms. The van der Waals surface area contributed by atoms with Crippen LogP contribution in [-0.4, -0.2) is 36.1 Å². The molecule has 0 fully saturated rings. The van der Waals surface area contributed by atoms with Crippen molar-refractivity contribution in [2.45, 2.75) is 32.9 Å². The molecule has 0 saturated heterocycles. The minimum Gasteiger partial charge on any atom is -0.496 e. The lowest BCUT2D eigenvalue weighted by Crippen LogP contribution is -2.33. The zero-order valence-corrected chi connectivity index (χ0v) is 18.0. The van der Waals surface area contributed by atoms with Crippen LogP contribution in [0.1, 0.15) is 41.4 Å². The van der Waals surface area contributed by atoms with Gasteiger partial charge in [-0.25, -0.2) is 0 Å². The number of aromatic nitrogens is 1. The average molecular weight is 407 g/mol. The molecule has 0 aliphatic carbocycles. The first-order valence-corrected chi connectivity index (χ1v) is 10.4. The Bertz CT molecular complexity index is 928. The van der Waals surface area contributed by atoms with Gasteiger partial charge < -0.3 is 18.9 Å². The summed E-state index contributed by atoms with van der Waals surface area (Å²) in [5.74, 6) is 0.978. The van der Waals surface area contributed by atoms with Crippen molar-refractivity contribution >= 4 is 5.91 Å². The molecule has 0 atom stereocenters. The largest absolute Gasteiger partial charge is 0.496 e. The molecule has 158 valence electrons. The quantitative estimate of drug-likeness (QED) is 0.476. The topological polar surface area (TPSA) is 43.7 Å². The van der Waals surface area contributed by atoms with Gasteiger partial charge in [0, 0.05) is 25.0 Å². The van der Waals surface area contributed by atoms with Crippen LogP contribution in [0.15, 0.2) is 66.9 Å². The summed E-state index contributed by atoms with van der Waals surface area (Å²) >= 11 is 0. The van der Waals surface area contributed by atoms with Crippen LogP contribution in [0.3, 0.4) is 0 Å². The van der Waals surface area contributed by atoms with E-state index in [1.165, 1.54) is 5.56 Å². The molecule has 2 aromatic carbocycles. The van der Waals surface area contributed by atoms with Crippen molar-refractivity contribution in [3.63, 3.8) is 0 Å². The zero-order chi connectivity index (χ0) is 21.3. The summed E-state index contributed by atoms with van der Waals surface area (Å²) in [7, 11) is 3.15. The van der Waals surface area contributed by atoms with Gasteiger partial charge in [-0.05, 0) is 36.2 Å². The van der Waals surface area contributed by atoms with Gasteiger partial charge in [0.05, 0.1) is 20.8 Å². The number of hydrogen-bond donors (Lipinski definition) is 0. The molecule has 0 radical (unpaired) electrons. The van der Waals surface area contributed by atoms with Crippen molar-refractivity contribution in [1.29, 1.82) is 0 Å². The van der Waals surface area contributed by atoms with E-state index in [2.05, 4.69) is 35.9 Å². The van der Waals surface area contributed by atoms with Gasteiger partial charge in [-0.1, -0.05) is 49.7 Å². The second-order valence-corrected chi connectivity index (χ2v) is 7.23. The van der Waals surface area contributed by atoms with E-state index in [1.54, 1.807) is 26.4 Å². The normalized spacial score (nSPS) is 10.6. The monoisotopic (exact) mass is 406 g/mol. The Morgan fingerprint density at radius 1 is 0.933 bits per heavy atom. The van der Waals surface area contributed by atoms with Crippen LogP contribution in [-0.2, 0) is 13.1 Å². The summed E-state index contributed by atoms with van der Waals surface area (Å²) in [4.78, 5) is 15.5. The summed E-state index contributed by atoms with van der Waals surface area (Å²) < 4.78 is 13.1. The molecule has 1 aromatic heterocycles. The molecule has 0 unspecified atom stereocenters. The maximum absolute atomic E-state index is 13.6. The van der Waals surface area contributed by atoms with E-state index < -0.39 is 0 Å². The molecule has 0 spiro atoms. The lowest BCUT2D eigenvalue weighted by molar-refractivity contribution is 0.0730. The van der Waals surface area contributed by atoms with Crippen molar-refractivity contribution in [1.82, 2.24) is 9.47 Å². The lowest BCUT2D eigenvalue weighted by Gasteiger charge is -2.25. The molecule has 3 aromatic rings. The van der Waals surface area contributed by atoms with Crippen LogP contribution < -0.4 is 9.47 Å². The smallest absolute Gasteiger partial charge is 0.261 e. The summed E-state index contributed by atoms with van der Waals surface area (Å²) in [6.45, 7) is 4.11. The number of methoxy groups -OCH3 is 2. The highest BCUT2D eigenvalue weighted by atomic mass is 16.5. The van der Waals surface area contributed by atoms with Crippen molar-refractivity contribution < 1.29 is 14.3 Å². The first kappa shape index (κ1) is 21.5. The molecule has 3 rings (SSSR count). The number of carbonyl (C=O) groups is 1. The maximum Gasteiger partial charge on any atom is 0.261 e. The van der Waals surface area contributed by atoms with Gasteiger partial charge in [-0.2, -0.15) is 0 Å². The molecular formula is C25H30N2O3. The SMILES string of the molecule is CCCCN(Cc1cccn1Cc1ccccc1)C(=O)c1c(OC)cccc1OC. The fourth-order valence-corrected chi connectivity index (χ4v) is 3.54. The Morgan fingerprint density at radius 2 is 1.63 bits per heavy atom. The van der Waals surface area contributed by atoms with Crippen molar-refractivity contribution in [3.8, 4) is 11.5 Å². The van der Waals surface area contributed by atoms with Crippen LogP contribution in [0.4, 0.5) is 0 Å². The van der Waals surface area contributed by atoms with Crippen LogP contribution in [0, 0.1) is 0 Å². The molecular weight excluding hydrogens is 376 g/mol. The standard InChI is InChI=1S/C25H30N2O3/c1-4-5-16-27(25(28)24-22(29-2)14-9-15-23(24)30-3)19-21-13-10-17-26(21)18-20-11-7-6-8-12-20/h6-15,17H,4-5,16,18-19H2,1-3H3. The zero-order valence-electron chi connectivity index (χ0n) is 18.0. The highest BCUT2D eigenvalue weighted by molar-refractivity contribution is 5.99. The van der Waals surface area contributed by atoms with E-state index in [4.69, 9.17) is 9.47 Å². The third kappa shape index (κ3) is 5.03. The third-order valence-electron chi connectivity index (χ3n) is 5.18. The number of carbonyl (C=O) groups excluding carboxylic acids is 1. The average Bonchev–Trinajstić information content (AvgIpc) is 3.22. The van der Waals surface area contributed by atoms with Crippen molar-refractivity contribution in [2.75, 3.05) is 20.8 Å². The van der Waals surface area contributed by atoms with Crippen LogP contribution >= 0.6 is 0 Å². The number of amides is 1. The molecule has 0 saturated carbocycles. The minimum absolute atomic E-state index is 0.0785. The number of nitrogens with zero attached hydrogens (tertiary/aromatic N) is 2. The number of unbranched alkanes of at least 4 members (excludes halogenated alkanes) is 1. The summed E-state index contributed by atoms with van der Waals surface area (Å²) in [5, 5.41) is 0. The number of ether oxygens (including phenoxy) is 2. The van der Waals surface area contributed by atoms with E-state index in [0.29, 0.717) is 30.2 Å². The summed E-state index contributed by atoms with van der Waals surface area (Å²) in [5.41, 5.74) is 2.80. The van der Waals surface area contributed by atoms with E-state index in [1.807, 2.05) is 35.2 Å². The lowest BCUT2D eigenvalue weighted by atomic mass is 10.1. The van der Waals surface area contributed by atoms with Crippen LogP contribution in [0.5, 0.6) is 11.5 Å². The Kier molecular flexibility index (Phi) is 7.55. The van der Waals surface area contributed by atoms with Gasteiger partial charge >= 0.3 is 0 Å². The van der Waals surface area contributed by atoms with E-state index >= 15 is 0 Å². The molecule has 0 aliphatic heterocycles. The number of benzene rings is 2. The summed E-state index contributed by atoms with van der Waals surface area (Å²) in [6.07, 6.45) is 4.01. The molecule has 1 heterocycles. The molecule has 1 amide bonds. The highest BCUT2D eigenvalue weighted by Gasteiger charge is 2.24. The van der Waals surface area contributed by atoms with Crippen molar-refractivity contribution in [3.05, 3.63) is 83.7 Å². The van der Waals surface area contributed by atoms with E-state index in [0.717, 1.165) is 25.1 Å². The second-order valence-electron chi connectivity index (χ2n) is 7.23. The first-order chi connectivity index (χ1) is 14.7. The third-order valence-corrected chi connectivity index (χ3v) is 5.18. The van der Waals surface area contributed by atoms with Gasteiger partial charge in [0.15, 0.2) is 0 Å². The number of rotatable bonds is 10. The highest BCUT2D eigenvalue weighted by Crippen LogP contribution is 2.30. The Balaban J connectivity index is 1.88. The Morgan fingerprint density at radius 3 is 2.27 bits per heavy atom. The first-order valence-electron chi connectivity index (χ1n) is 10.4. The predicted octanol–water partition coefficient (Wildman–Crippen LogP) is 5.00. The molecule has 0 aliphatic rings. The van der Waals surface area contributed by atoms with Gasteiger partial charge in [0.1, 0.15) is 17.1 Å². The van der Waals surface area contributed by atoms with E-state index in [9.17, 15) is 4.79 Å². The molecule has 0 bridgehead atoms. The van der Waals surface area contributed by atoms with Gasteiger partial charge in [0.25, 0.3) is 5.91 Å². The van der Waals surface area contributed by atoms with Crippen LogP contribution in [0.2, 0.25) is 0 Å². The fraction of sp³-hybridized carbons (Fsp3) is 0.320. The van der Waals surface area contributed by atoms with Gasteiger partial charge in [-0.15, -0.1) is 0 Å². The van der Waals surface area contributed by atoms with Crippen LogP contribution in [0.25, 0.3) is 0 Å². The van der Waals surface area contributed by atoms with Crippen molar-refractivity contribution in [2.24, 2.45) is 0 Å². The molecule has 5 nitrogen and oxygen atoms in total.